The maximum Gasteiger partial charge on any atom is 0.235 e. The summed E-state index contributed by atoms with van der Waals surface area (Å²) >= 11 is 11.3. The van der Waals surface area contributed by atoms with Crippen molar-refractivity contribution in [1.29, 1.82) is 0 Å². The lowest BCUT2D eigenvalue weighted by molar-refractivity contribution is 0.315. The molecule has 1 aromatic heterocycles. The quantitative estimate of drug-likeness (QED) is 0.734. The van der Waals surface area contributed by atoms with Gasteiger partial charge in [-0.2, -0.15) is 4.39 Å². The molecule has 0 bridgehead atoms. The predicted molar refractivity (Wildman–Crippen MR) is 50.0 cm³/mol. The topological polar surface area (TPSA) is 22.1 Å². The molecule has 0 aliphatic carbocycles. The second-order valence-corrected chi connectivity index (χ2v) is 3.17. The number of ether oxygens (including phenoxy) is 1. The molecule has 0 amide bonds. The van der Waals surface area contributed by atoms with E-state index >= 15 is 0 Å². The minimum absolute atomic E-state index is 0.165. The second kappa shape index (κ2) is 4.63. The van der Waals surface area contributed by atoms with Crippen molar-refractivity contribution in [2.24, 2.45) is 0 Å². The summed E-state index contributed by atoms with van der Waals surface area (Å²) in [7, 11) is 0. The summed E-state index contributed by atoms with van der Waals surface area (Å²) in [5.41, 5.74) is 0. The summed E-state index contributed by atoms with van der Waals surface area (Å²) in [6.45, 7) is 2.38. The van der Waals surface area contributed by atoms with Gasteiger partial charge in [-0.3, -0.25) is 0 Å². The van der Waals surface area contributed by atoms with Crippen LogP contribution in [0.3, 0.4) is 0 Å². The molecule has 13 heavy (non-hydrogen) atoms. The average Bonchev–Trinajstić information content (AvgIpc) is 2.12. The minimum atomic E-state index is -0.767. The Morgan fingerprint density at radius 3 is 2.85 bits per heavy atom. The fourth-order valence-electron chi connectivity index (χ4n) is 0.764. The Morgan fingerprint density at radius 1 is 1.54 bits per heavy atom. The minimum Gasteiger partial charge on any atom is -0.490 e. The molecular formula is C8H8Cl2FNO. The van der Waals surface area contributed by atoms with Crippen LogP contribution < -0.4 is 4.74 Å². The highest BCUT2D eigenvalue weighted by molar-refractivity contribution is 6.36. The Hall–Kier alpha value is -0.540. The fraction of sp³-hybridized carbons (Fsp3) is 0.375. The Kier molecular flexibility index (Phi) is 3.75. The number of nitrogens with zero attached hydrogens (tertiary/aromatic N) is 1. The van der Waals surface area contributed by atoms with E-state index in [2.05, 4.69) is 4.98 Å². The van der Waals surface area contributed by atoms with Gasteiger partial charge in [0, 0.05) is 0 Å². The monoisotopic (exact) mass is 223 g/mol. The van der Waals surface area contributed by atoms with Gasteiger partial charge in [-0.1, -0.05) is 30.1 Å². The van der Waals surface area contributed by atoms with E-state index in [0.29, 0.717) is 6.61 Å². The van der Waals surface area contributed by atoms with Gasteiger partial charge in [0.05, 0.1) is 12.8 Å². The van der Waals surface area contributed by atoms with E-state index in [0.717, 1.165) is 6.42 Å². The van der Waals surface area contributed by atoms with Crippen molar-refractivity contribution in [1.82, 2.24) is 4.98 Å². The molecule has 1 rings (SSSR count). The molecule has 0 unspecified atom stereocenters. The standard InChI is InChI=1S/C8H8Cl2FNO/c1-2-3-13-7-5(9)4-12-8(11)6(7)10/h4H,2-3H2,1H3. The van der Waals surface area contributed by atoms with E-state index in [1.807, 2.05) is 6.92 Å². The molecule has 0 fully saturated rings. The highest BCUT2D eigenvalue weighted by Crippen LogP contribution is 2.33. The first kappa shape index (κ1) is 10.5. The number of hydrogen-bond donors (Lipinski definition) is 0. The van der Waals surface area contributed by atoms with E-state index < -0.39 is 5.95 Å². The Balaban J connectivity index is 2.96. The van der Waals surface area contributed by atoms with Gasteiger partial charge < -0.3 is 4.74 Å². The molecule has 0 radical (unpaired) electrons. The first-order valence-corrected chi connectivity index (χ1v) is 4.54. The summed E-state index contributed by atoms with van der Waals surface area (Å²) in [5.74, 6) is -0.602. The van der Waals surface area contributed by atoms with Crippen molar-refractivity contribution < 1.29 is 9.13 Å². The maximum atomic E-state index is 12.8. The van der Waals surface area contributed by atoms with Crippen LogP contribution in [0.1, 0.15) is 13.3 Å². The maximum absolute atomic E-state index is 12.8. The van der Waals surface area contributed by atoms with Crippen LogP contribution in [-0.2, 0) is 0 Å². The lowest BCUT2D eigenvalue weighted by atomic mass is 10.4. The molecule has 0 N–H and O–H groups in total. The summed E-state index contributed by atoms with van der Waals surface area (Å²) in [6, 6.07) is 0. The van der Waals surface area contributed by atoms with Gasteiger partial charge >= 0.3 is 0 Å². The molecule has 5 heteroatoms. The second-order valence-electron chi connectivity index (χ2n) is 2.39. The molecule has 0 aliphatic rings. The smallest absolute Gasteiger partial charge is 0.235 e. The molecule has 0 spiro atoms. The Bertz CT molecular complexity index is 306. The summed E-state index contributed by atoms with van der Waals surface area (Å²) in [4.78, 5) is 3.34. The summed E-state index contributed by atoms with van der Waals surface area (Å²) in [5, 5.41) is 0.0563. The van der Waals surface area contributed by atoms with Crippen LogP contribution in [0.2, 0.25) is 10.0 Å². The van der Waals surface area contributed by atoms with Crippen LogP contribution in [0.5, 0.6) is 5.75 Å². The van der Waals surface area contributed by atoms with E-state index in [1.165, 1.54) is 6.20 Å². The van der Waals surface area contributed by atoms with Crippen LogP contribution in [0.15, 0.2) is 6.20 Å². The van der Waals surface area contributed by atoms with Gasteiger partial charge in [-0.25, -0.2) is 4.98 Å². The molecule has 1 aromatic rings. The average molecular weight is 224 g/mol. The third-order valence-electron chi connectivity index (χ3n) is 1.34. The lowest BCUT2D eigenvalue weighted by Crippen LogP contribution is -1.98. The normalized spacial score (nSPS) is 10.2. The lowest BCUT2D eigenvalue weighted by Gasteiger charge is -2.07. The zero-order valence-electron chi connectivity index (χ0n) is 6.98. The third kappa shape index (κ3) is 2.45. The van der Waals surface area contributed by atoms with E-state index in [9.17, 15) is 4.39 Å². The fourth-order valence-corrected chi connectivity index (χ4v) is 1.21. The van der Waals surface area contributed by atoms with Crippen molar-refractivity contribution in [2.45, 2.75) is 13.3 Å². The molecule has 0 aromatic carbocycles. The number of aromatic nitrogens is 1. The summed E-state index contributed by atoms with van der Waals surface area (Å²) in [6.07, 6.45) is 1.98. The number of pyridine rings is 1. The first-order valence-electron chi connectivity index (χ1n) is 3.79. The highest BCUT2D eigenvalue weighted by atomic mass is 35.5. The largest absolute Gasteiger partial charge is 0.490 e. The Labute approximate surface area is 85.6 Å². The van der Waals surface area contributed by atoms with Crippen LogP contribution in [0.4, 0.5) is 4.39 Å². The van der Waals surface area contributed by atoms with Gasteiger partial charge in [0.15, 0.2) is 5.75 Å². The van der Waals surface area contributed by atoms with Crippen molar-refractivity contribution in [2.75, 3.05) is 6.61 Å². The van der Waals surface area contributed by atoms with Crippen LogP contribution in [0, 0.1) is 5.95 Å². The van der Waals surface area contributed by atoms with Crippen molar-refractivity contribution in [3.63, 3.8) is 0 Å². The molecule has 72 valence electrons. The molecule has 0 saturated carbocycles. The van der Waals surface area contributed by atoms with E-state index in [-0.39, 0.29) is 15.8 Å². The molecule has 0 atom stereocenters. The highest BCUT2D eigenvalue weighted by Gasteiger charge is 2.12. The van der Waals surface area contributed by atoms with Gasteiger partial charge in [0.2, 0.25) is 5.95 Å². The van der Waals surface area contributed by atoms with Crippen LogP contribution in [0.25, 0.3) is 0 Å². The van der Waals surface area contributed by atoms with E-state index in [4.69, 9.17) is 27.9 Å². The number of halogens is 3. The molecule has 1 heterocycles. The number of rotatable bonds is 3. The van der Waals surface area contributed by atoms with Crippen molar-refractivity contribution in [3.05, 3.63) is 22.2 Å². The zero-order chi connectivity index (χ0) is 9.84. The number of hydrogen-bond acceptors (Lipinski definition) is 2. The van der Waals surface area contributed by atoms with Gasteiger partial charge in [0.1, 0.15) is 10.0 Å². The summed E-state index contributed by atoms with van der Waals surface area (Å²) < 4.78 is 18.0. The molecule has 2 nitrogen and oxygen atoms in total. The Morgan fingerprint density at radius 2 is 2.23 bits per heavy atom. The van der Waals surface area contributed by atoms with E-state index in [1.54, 1.807) is 0 Å². The zero-order valence-corrected chi connectivity index (χ0v) is 8.49. The molecule has 0 aliphatic heterocycles. The van der Waals surface area contributed by atoms with Crippen molar-refractivity contribution >= 4 is 23.2 Å². The van der Waals surface area contributed by atoms with Gasteiger partial charge in [0.25, 0.3) is 0 Å². The molecular weight excluding hydrogens is 216 g/mol. The SMILES string of the molecule is CCCOc1c(Cl)cnc(F)c1Cl. The van der Waals surface area contributed by atoms with Gasteiger partial charge in [-0.05, 0) is 6.42 Å². The predicted octanol–water partition coefficient (Wildman–Crippen LogP) is 3.32. The van der Waals surface area contributed by atoms with Gasteiger partial charge in [-0.15, -0.1) is 0 Å². The third-order valence-corrected chi connectivity index (χ3v) is 1.94. The molecule has 0 saturated heterocycles. The van der Waals surface area contributed by atoms with Crippen LogP contribution in [-0.4, -0.2) is 11.6 Å². The van der Waals surface area contributed by atoms with Crippen LogP contribution >= 0.6 is 23.2 Å². The first-order chi connectivity index (χ1) is 6.16. The van der Waals surface area contributed by atoms with Crippen molar-refractivity contribution in [3.8, 4) is 5.75 Å².